The Kier molecular flexibility index (Phi) is 6.54. The van der Waals surface area contributed by atoms with Gasteiger partial charge in [-0.05, 0) is 75.2 Å². The SMILES string of the molecule is CCOc1cccc(CC2(CNC3CC3)CCN(CCC(=O)O)CC2)c1. The fourth-order valence-corrected chi connectivity index (χ4v) is 3.91. The highest BCUT2D eigenvalue weighted by Crippen LogP contribution is 2.36. The number of aliphatic carboxylic acids is 1. The van der Waals surface area contributed by atoms with Gasteiger partial charge in [0.2, 0.25) is 0 Å². The van der Waals surface area contributed by atoms with Gasteiger partial charge in [0.05, 0.1) is 13.0 Å². The lowest BCUT2D eigenvalue weighted by Crippen LogP contribution is -2.47. The van der Waals surface area contributed by atoms with Gasteiger partial charge >= 0.3 is 5.97 Å². The fourth-order valence-electron chi connectivity index (χ4n) is 3.91. The molecule has 0 unspecified atom stereocenters. The number of carboxylic acid groups (broad SMARTS) is 1. The van der Waals surface area contributed by atoms with E-state index in [1.807, 2.05) is 13.0 Å². The Balaban J connectivity index is 1.63. The molecular formula is C21H32N2O3. The topological polar surface area (TPSA) is 61.8 Å². The summed E-state index contributed by atoms with van der Waals surface area (Å²) in [5, 5.41) is 12.7. The van der Waals surface area contributed by atoms with Crippen molar-refractivity contribution in [3.63, 3.8) is 0 Å². The summed E-state index contributed by atoms with van der Waals surface area (Å²) in [5.41, 5.74) is 1.60. The average Bonchev–Trinajstić information content (AvgIpc) is 3.45. The predicted octanol–water partition coefficient (Wildman–Crippen LogP) is 2.94. The van der Waals surface area contributed by atoms with E-state index in [4.69, 9.17) is 9.84 Å². The molecule has 0 radical (unpaired) electrons. The first-order valence-electron chi connectivity index (χ1n) is 9.98. The van der Waals surface area contributed by atoms with Crippen molar-refractivity contribution >= 4 is 5.97 Å². The van der Waals surface area contributed by atoms with E-state index in [1.54, 1.807) is 0 Å². The molecule has 2 fully saturated rings. The van der Waals surface area contributed by atoms with Crippen molar-refractivity contribution < 1.29 is 14.6 Å². The maximum atomic E-state index is 10.8. The molecule has 0 spiro atoms. The van der Waals surface area contributed by atoms with E-state index in [-0.39, 0.29) is 11.8 Å². The number of piperidine rings is 1. The minimum atomic E-state index is -0.704. The zero-order valence-electron chi connectivity index (χ0n) is 15.9. The number of likely N-dealkylation sites (tertiary alicyclic amines) is 1. The van der Waals surface area contributed by atoms with E-state index < -0.39 is 5.97 Å². The summed E-state index contributed by atoms with van der Waals surface area (Å²) in [5.74, 6) is 0.249. The molecule has 1 aromatic rings. The van der Waals surface area contributed by atoms with Crippen LogP contribution in [0.2, 0.25) is 0 Å². The predicted molar refractivity (Wildman–Crippen MR) is 103 cm³/mol. The van der Waals surface area contributed by atoms with Gasteiger partial charge in [0.15, 0.2) is 0 Å². The van der Waals surface area contributed by atoms with E-state index in [1.165, 1.54) is 18.4 Å². The number of nitrogens with one attached hydrogen (secondary N) is 1. The van der Waals surface area contributed by atoms with Crippen LogP contribution in [0.1, 0.15) is 44.6 Å². The second-order valence-corrected chi connectivity index (χ2v) is 7.90. The summed E-state index contributed by atoms with van der Waals surface area (Å²) >= 11 is 0. The molecule has 1 heterocycles. The van der Waals surface area contributed by atoms with Crippen LogP contribution in [0, 0.1) is 5.41 Å². The van der Waals surface area contributed by atoms with Crippen LogP contribution in [0.4, 0.5) is 0 Å². The van der Waals surface area contributed by atoms with Crippen LogP contribution in [0.3, 0.4) is 0 Å². The summed E-state index contributed by atoms with van der Waals surface area (Å²) in [7, 11) is 0. The summed E-state index contributed by atoms with van der Waals surface area (Å²) in [4.78, 5) is 13.1. The highest BCUT2D eigenvalue weighted by molar-refractivity contribution is 5.66. The number of rotatable bonds is 10. The molecule has 0 bridgehead atoms. The number of nitrogens with zero attached hydrogens (tertiary/aromatic N) is 1. The van der Waals surface area contributed by atoms with Crippen molar-refractivity contribution in [3.05, 3.63) is 29.8 Å². The third-order valence-corrected chi connectivity index (χ3v) is 5.69. The number of hydrogen-bond donors (Lipinski definition) is 2. The van der Waals surface area contributed by atoms with Crippen LogP contribution >= 0.6 is 0 Å². The van der Waals surface area contributed by atoms with E-state index in [0.29, 0.717) is 19.2 Å². The molecular weight excluding hydrogens is 328 g/mol. The van der Waals surface area contributed by atoms with Gasteiger partial charge in [-0.2, -0.15) is 0 Å². The first kappa shape index (κ1) is 19.2. The molecule has 0 amide bonds. The maximum absolute atomic E-state index is 10.8. The van der Waals surface area contributed by atoms with Gasteiger partial charge in [-0.3, -0.25) is 4.79 Å². The Bertz CT molecular complexity index is 593. The Labute approximate surface area is 156 Å². The molecule has 1 aliphatic carbocycles. The Hall–Kier alpha value is -1.59. The largest absolute Gasteiger partial charge is 0.494 e. The van der Waals surface area contributed by atoms with Gasteiger partial charge in [-0.1, -0.05) is 12.1 Å². The highest BCUT2D eigenvalue weighted by atomic mass is 16.5. The summed E-state index contributed by atoms with van der Waals surface area (Å²) in [6, 6.07) is 9.21. The minimum Gasteiger partial charge on any atom is -0.494 e. The molecule has 5 heteroatoms. The average molecular weight is 360 g/mol. The monoisotopic (exact) mass is 360 g/mol. The number of ether oxygens (including phenoxy) is 1. The Morgan fingerprint density at radius 1 is 1.35 bits per heavy atom. The number of benzene rings is 1. The molecule has 0 atom stereocenters. The smallest absolute Gasteiger partial charge is 0.304 e. The lowest BCUT2D eigenvalue weighted by atomic mass is 9.73. The van der Waals surface area contributed by atoms with Crippen LogP contribution < -0.4 is 10.1 Å². The number of carboxylic acids is 1. The third kappa shape index (κ3) is 5.71. The van der Waals surface area contributed by atoms with Gasteiger partial charge in [0.1, 0.15) is 5.75 Å². The first-order chi connectivity index (χ1) is 12.6. The molecule has 2 N–H and O–H groups in total. The van der Waals surface area contributed by atoms with Crippen LogP contribution in [0.5, 0.6) is 5.75 Å². The second kappa shape index (κ2) is 8.87. The maximum Gasteiger partial charge on any atom is 0.304 e. The lowest BCUT2D eigenvalue weighted by molar-refractivity contribution is -0.137. The second-order valence-electron chi connectivity index (χ2n) is 7.90. The molecule has 1 saturated carbocycles. The quantitative estimate of drug-likeness (QED) is 0.672. The molecule has 1 aliphatic heterocycles. The van der Waals surface area contributed by atoms with Crippen molar-refractivity contribution in [2.75, 3.05) is 32.8 Å². The zero-order valence-corrected chi connectivity index (χ0v) is 15.9. The first-order valence-corrected chi connectivity index (χ1v) is 9.98. The van der Waals surface area contributed by atoms with Crippen LogP contribution in [-0.4, -0.2) is 54.8 Å². The van der Waals surface area contributed by atoms with Gasteiger partial charge in [0.25, 0.3) is 0 Å². The number of hydrogen-bond acceptors (Lipinski definition) is 4. The van der Waals surface area contributed by atoms with E-state index in [2.05, 4.69) is 28.4 Å². The third-order valence-electron chi connectivity index (χ3n) is 5.69. The molecule has 2 aliphatic rings. The summed E-state index contributed by atoms with van der Waals surface area (Å²) in [6.07, 6.45) is 6.14. The molecule has 1 aromatic carbocycles. The lowest BCUT2D eigenvalue weighted by Gasteiger charge is -2.42. The van der Waals surface area contributed by atoms with Crippen molar-refractivity contribution in [2.45, 2.75) is 51.5 Å². The normalized spacial score (nSPS) is 20.0. The van der Waals surface area contributed by atoms with Crippen molar-refractivity contribution in [2.24, 2.45) is 5.41 Å². The van der Waals surface area contributed by atoms with Gasteiger partial charge in [-0.15, -0.1) is 0 Å². The molecule has 144 valence electrons. The zero-order chi connectivity index (χ0) is 18.4. The van der Waals surface area contributed by atoms with Crippen molar-refractivity contribution in [3.8, 4) is 5.75 Å². The highest BCUT2D eigenvalue weighted by Gasteiger charge is 2.36. The van der Waals surface area contributed by atoms with E-state index >= 15 is 0 Å². The molecule has 26 heavy (non-hydrogen) atoms. The van der Waals surface area contributed by atoms with Crippen molar-refractivity contribution in [1.82, 2.24) is 10.2 Å². The Morgan fingerprint density at radius 3 is 2.77 bits per heavy atom. The van der Waals surface area contributed by atoms with Crippen LogP contribution in [-0.2, 0) is 11.2 Å². The standard InChI is InChI=1S/C21H32N2O3/c1-2-26-19-5-3-4-17(14-19)15-21(16-22-18-6-7-18)9-12-23(13-10-21)11-8-20(24)25/h3-5,14,18,22H,2,6-13,15-16H2,1H3,(H,24,25). The van der Waals surface area contributed by atoms with Crippen molar-refractivity contribution in [1.29, 1.82) is 0 Å². The molecule has 5 nitrogen and oxygen atoms in total. The number of carbonyl (C=O) groups is 1. The molecule has 0 aromatic heterocycles. The Morgan fingerprint density at radius 2 is 2.12 bits per heavy atom. The summed E-state index contributed by atoms with van der Waals surface area (Å²) < 4.78 is 5.67. The van der Waals surface area contributed by atoms with E-state index in [0.717, 1.165) is 44.6 Å². The van der Waals surface area contributed by atoms with Gasteiger partial charge < -0.3 is 20.1 Å². The van der Waals surface area contributed by atoms with Crippen LogP contribution in [0.15, 0.2) is 24.3 Å². The van der Waals surface area contributed by atoms with E-state index in [9.17, 15) is 4.79 Å². The fraction of sp³-hybridized carbons (Fsp3) is 0.667. The minimum absolute atomic E-state index is 0.240. The van der Waals surface area contributed by atoms with Crippen LogP contribution in [0.25, 0.3) is 0 Å². The summed E-state index contributed by atoms with van der Waals surface area (Å²) in [6.45, 7) is 6.41. The van der Waals surface area contributed by atoms with Gasteiger partial charge in [0, 0.05) is 19.1 Å². The molecule has 1 saturated heterocycles. The van der Waals surface area contributed by atoms with Gasteiger partial charge in [-0.25, -0.2) is 0 Å². The molecule has 3 rings (SSSR count).